The number of rotatable bonds is 3. The quantitative estimate of drug-likeness (QED) is 0.780. The zero-order valence-electron chi connectivity index (χ0n) is 9.72. The molecule has 0 saturated heterocycles. The van der Waals surface area contributed by atoms with Crippen molar-refractivity contribution in [2.75, 3.05) is 18.5 Å². The minimum Gasteiger partial charge on any atom is -0.359 e. The van der Waals surface area contributed by atoms with Gasteiger partial charge in [-0.2, -0.15) is 0 Å². The molecule has 86 valence electrons. The molecular formula is C13H18N2O. The maximum Gasteiger partial charge on any atom is 0.132 e. The highest BCUT2D eigenvalue weighted by Crippen LogP contribution is 2.23. The fourth-order valence-electron chi connectivity index (χ4n) is 2.24. The molecule has 0 spiro atoms. The highest BCUT2D eigenvalue weighted by molar-refractivity contribution is 5.79. The van der Waals surface area contributed by atoms with Crippen molar-refractivity contribution in [3.63, 3.8) is 0 Å². The molecule has 0 bridgehead atoms. The number of ketones is 1. The van der Waals surface area contributed by atoms with Crippen molar-refractivity contribution in [3.05, 3.63) is 24.4 Å². The molecule has 2 rings (SSSR count). The molecule has 1 aliphatic rings. The lowest BCUT2D eigenvalue weighted by Gasteiger charge is -2.27. The molecule has 0 unspecified atom stereocenters. The molecular weight excluding hydrogens is 200 g/mol. The molecule has 0 atom stereocenters. The second-order valence-corrected chi connectivity index (χ2v) is 4.55. The van der Waals surface area contributed by atoms with E-state index >= 15 is 0 Å². The van der Waals surface area contributed by atoms with E-state index in [-0.39, 0.29) is 0 Å². The predicted octanol–water partition coefficient (Wildman–Crippen LogP) is 2.28. The average Bonchev–Trinajstić information content (AvgIpc) is 2.33. The minimum atomic E-state index is 0.428. The van der Waals surface area contributed by atoms with Gasteiger partial charge >= 0.3 is 0 Å². The summed E-state index contributed by atoms with van der Waals surface area (Å²) in [6, 6.07) is 5.95. The van der Waals surface area contributed by atoms with Crippen LogP contribution >= 0.6 is 0 Å². The Morgan fingerprint density at radius 2 is 2.12 bits per heavy atom. The van der Waals surface area contributed by atoms with Crippen molar-refractivity contribution >= 4 is 11.6 Å². The lowest BCUT2D eigenvalue weighted by Crippen LogP contribution is -2.28. The van der Waals surface area contributed by atoms with E-state index in [1.807, 2.05) is 24.4 Å². The molecule has 1 saturated carbocycles. The maximum atomic E-state index is 11.1. The summed E-state index contributed by atoms with van der Waals surface area (Å²) in [5, 5.41) is 0. The number of nitrogens with zero attached hydrogens (tertiary/aromatic N) is 2. The monoisotopic (exact) mass is 218 g/mol. The van der Waals surface area contributed by atoms with Crippen molar-refractivity contribution < 1.29 is 4.79 Å². The standard InChI is InChI=1S/C13H18N2O/c1-15(13-4-2-3-9-14-13)10-11-5-7-12(16)8-6-11/h2-4,9,11H,5-8,10H2,1H3. The fraction of sp³-hybridized carbons (Fsp3) is 0.538. The number of aromatic nitrogens is 1. The molecule has 0 N–H and O–H groups in total. The summed E-state index contributed by atoms with van der Waals surface area (Å²) < 4.78 is 0. The molecule has 1 aromatic rings. The van der Waals surface area contributed by atoms with Gasteiger partial charge in [0.1, 0.15) is 11.6 Å². The van der Waals surface area contributed by atoms with Crippen molar-refractivity contribution in [2.45, 2.75) is 25.7 Å². The van der Waals surface area contributed by atoms with Crippen molar-refractivity contribution in [1.82, 2.24) is 4.98 Å². The minimum absolute atomic E-state index is 0.428. The number of Topliss-reactive ketones (excluding diaryl/α,β-unsaturated/α-hetero) is 1. The van der Waals surface area contributed by atoms with E-state index < -0.39 is 0 Å². The Balaban J connectivity index is 1.88. The van der Waals surface area contributed by atoms with Crippen LogP contribution in [0.1, 0.15) is 25.7 Å². The van der Waals surface area contributed by atoms with Gasteiger partial charge in [-0.25, -0.2) is 4.98 Å². The summed E-state index contributed by atoms with van der Waals surface area (Å²) in [4.78, 5) is 17.6. The van der Waals surface area contributed by atoms with Crippen LogP contribution in [0, 0.1) is 5.92 Å². The SMILES string of the molecule is CN(CC1CCC(=O)CC1)c1ccccn1. The van der Waals surface area contributed by atoms with Crippen LogP contribution in [-0.4, -0.2) is 24.4 Å². The first kappa shape index (κ1) is 11.1. The lowest BCUT2D eigenvalue weighted by atomic mass is 9.88. The maximum absolute atomic E-state index is 11.1. The third kappa shape index (κ3) is 2.81. The Hall–Kier alpha value is -1.38. The highest BCUT2D eigenvalue weighted by Gasteiger charge is 2.20. The van der Waals surface area contributed by atoms with Gasteiger partial charge in [-0.3, -0.25) is 4.79 Å². The molecule has 0 amide bonds. The van der Waals surface area contributed by atoms with E-state index in [0.29, 0.717) is 11.7 Å². The van der Waals surface area contributed by atoms with Crippen molar-refractivity contribution in [1.29, 1.82) is 0 Å². The zero-order valence-corrected chi connectivity index (χ0v) is 9.72. The summed E-state index contributed by atoms with van der Waals surface area (Å²) in [7, 11) is 2.07. The second-order valence-electron chi connectivity index (χ2n) is 4.55. The number of hydrogen-bond acceptors (Lipinski definition) is 3. The summed E-state index contributed by atoms with van der Waals surface area (Å²) in [6.45, 7) is 1.00. The Labute approximate surface area is 96.5 Å². The molecule has 0 radical (unpaired) electrons. The second kappa shape index (κ2) is 5.10. The molecule has 0 aliphatic heterocycles. The molecule has 1 aliphatic carbocycles. The summed E-state index contributed by atoms with van der Waals surface area (Å²) in [5.41, 5.74) is 0. The van der Waals surface area contributed by atoms with Gasteiger partial charge in [-0.1, -0.05) is 6.07 Å². The van der Waals surface area contributed by atoms with E-state index in [1.165, 1.54) is 0 Å². The molecule has 16 heavy (non-hydrogen) atoms. The van der Waals surface area contributed by atoms with E-state index in [1.54, 1.807) is 0 Å². The van der Waals surface area contributed by atoms with E-state index in [0.717, 1.165) is 38.0 Å². The van der Waals surface area contributed by atoms with Gasteiger partial charge in [0.2, 0.25) is 0 Å². The topological polar surface area (TPSA) is 33.2 Å². The van der Waals surface area contributed by atoms with Gasteiger partial charge in [-0.15, -0.1) is 0 Å². The molecule has 3 nitrogen and oxygen atoms in total. The smallest absolute Gasteiger partial charge is 0.132 e. The summed E-state index contributed by atoms with van der Waals surface area (Å²) in [5.74, 6) is 2.08. The van der Waals surface area contributed by atoms with Crippen molar-refractivity contribution in [3.8, 4) is 0 Å². The molecule has 1 heterocycles. The number of pyridine rings is 1. The predicted molar refractivity (Wildman–Crippen MR) is 64.5 cm³/mol. The normalized spacial score (nSPS) is 17.4. The number of hydrogen-bond donors (Lipinski definition) is 0. The van der Waals surface area contributed by atoms with Gasteiger partial charge in [0.25, 0.3) is 0 Å². The van der Waals surface area contributed by atoms with E-state index in [9.17, 15) is 4.79 Å². The molecule has 3 heteroatoms. The fourth-order valence-corrected chi connectivity index (χ4v) is 2.24. The Kier molecular flexibility index (Phi) is 3.54. The summed E-state index contributed by atoms with van der Waals surface area (Å²) in [6.07, 6.45) is 5.42. The zero-order chi connectivity index (χ0) is 11.4. The van der Waals surface area contributed by atoms with Gasteiger partial charge < -0.3 is 4.90 Å². The average molecular weight is 218 g/mol. The van der Waals surface area contributed by atoms with Crippen LogP contribution in [0.3, 0.4) is 0 Å². The Morgan fingerprint density at radius 3 is 2.75 bits per heavy atom. The van der Waals surface area contributed by atoms with Crippen LogP contribution in [0.25, 0.3) is 0 Å². The van der Waals surface area contributed by atoms with Gasteiger partial charge in [0.15, 0.2) is 0 Å². The van der Waals surface area contributed by atoms with Crippen LogP contribution in [0.15, 0.2) is 24.4 Å². The third-order valence-electron chi connectivity index (χ3n) is 3.24. The highest BCUT2D eigenvalue weighted by atomic mass is 16.1. The van der Waals surface area contributed by atoms with Crippen molar-refractivity contribution in [2.24, 2.45) is 5.92 Å². The molecule has 1 fully saturated rings. The first-order valence-electron chi connectivity index (χ1n) is 5.89. The molecule has 0 aromatic carbocycles. The number of anilines is 1. The Morgan fingerprint density at radius 1 is 1.38 bits per heavy atom. The van der Waals surface area contributed by atoms with Gasteiger partial charge in [0.05, 0.1) is 0 Å². The third-order valence-corrected chi connectivity index (χ3v) is 3.24. The van der Waals surface area contributed by atoms with Gasteiger partial charge in [-0.05, 0) is 30.9 Å². The van der Waals surface area contributed by atoms with Crippen LogP contribution in [0.4, 0.5) is 5.82 Å². The number of carbonyl (C=O) groups excluding carboxylic acids is 1. The van der Waals surface area contributed by atoms with Crippen LogP contribution < -0.4 is 4.90 Å². The van der Waals surface area contributed by atoms with E-state index in [2.05, 4.69) is 16.9 Å². The lowest BCUT2D eigenvalue weighted by molar-refractivity contribution is -0.120. The first-order valence-corrected chi connectivity index (χ1v) is 5.89. The van der Waals surface area contributed by atoms with Crippen LogP contribution in [0.2, 0.25) is 0 Å². The van der Waals surface area contributed by atoms with Crippen LogP contribution in [0.5, 0.6) is 0 Å². The Bertz CT molecular complexity index is 340. The first-order chi connectivity index (χ1) is 7.75. The van der Waals surface area contributed by atoms with Gasteiger partial charge in [0, 0.05) is 32.6 Å². The number of carbonyl (C=O) groups is 1. The molecule has 1 aromatic heterocycles. The largest absolute Gasteiger partial charge is 0.359 e. The van der Waals surface area contributed by atoms with Crippen LogP contribution in [-0.2, 0) is 4.79 Å². The summed E-state index contributed by atoms with van der Waals surface area (Å²) >= 11 is 0. The van der Waals surface area contributed by atoms with E-state index in [4.69, 9.17) is 0 Å².